The highest BCUT2D eigenvalue weighted by Gasteiger charge is 2.19. The molecule has 0 spiro atoms. The first-order valence-corrected chi connectivity index (χ1v) is 5.27. The molecule has 0 unspecified atom stereocenters. The summed E-state index contributed by atoms with van der Waals surface area (Å²) in [4.78, 5) is 2.31. The molecular weight excluding hydrogens is 176 g/mol. The second-order valence-electron chi connectivity index (χ2n) is 4.10. The zero-order chi connectivity index (χ0) is 9.80. The van der Waals surface area contributed by atoms with E-state index in [-0.39, 0.29) is 0 Å². The van der Waals surface area contributed by atoms with Gasteiger partial charge in [-0.3, -0.25) is 0 Å². The van der Waals surface area contributed by atoms with Gasteiger partial charge in [-0.15, -0.1) is 0 Å². The van der Waals surface area contributed by atoms with Crippen LogP contribution in [-0.2, 0) is 6.54 Å². The minimum Gasteiger partial charge on any atom is -0.472 e. The normalized spacial score (nSPS) is 16.4. The topological polar surface area (TPSA) is 28.4 Å². The van der Waals surface area contributed by atoms with Crippen LogP contribution in [0.5, 0.6) is 0 Å². The van der Waals surface area contributed by atoms with E-state index in [1.165, 1.54) is 18.4 Å². The van der Waals surface area contributed by atoms with Crippen LogP contribution in [0.1, 0.15) is 18.4 Å². The maximum Gasteiger partial charge on any atom is 0.0947 e. The van der Waals surface area contributed by atoms with E-state index in [0.717, 1.165) is 25.7 Å². The van der Waals surface area contributed by atoms with Crippen molar-refractivity contribution < 1.29 is 4.42 Å². The highest BCUT2D eigenvalue weighted by Crippen LogP contribution is 2.18. The molecule has 1 aliphatic carbocycles. The second-order valence-corrected chi connectivity index (χ2v) is 4.10. The van der Waals surface area contributed by atoms with Crippen molar-refractivity contribution in [2.24, 2.45) is 0 Å². The van der Waals surface area contributed by atoms with E-state index in [9.17, 15) is 0 Å². The summed E-state index contributed by atoms with van der Waals surface area (Å²) in [5.74, 6) is 0. The smallest absolute Gasteiger partial charge is 0.0947 e. The highest BCUT2D eigenvalue weighted by molar-refractivity contribution is 5.04. The third kappa shape index (κ3) is 3.16. The molecule has 2 rings (SSSR count). The van der Waals surface area contributed by atoms with Crippen molar-refractivity contribution in [1.29, 1.82) is 0 Å². The molecule has 0 aliphatic heterocycles. The molecule has 0 saturated heterocycles. The molecule has 1 saturated carbocycles. The second kappa shape index (κ2) is 4.62. The fourth-order valence-electron chi connectivity index (χ4n) is 1.52. The molecule has 3 heteroatoms. The van der Waals surface area contributed by atoms with E-state index in [1.54, 1.807) is 6.26 Å². The van der Waals surface area contributed by atoms with Gasteiger partial charge >= 0.3 is 0 Å². The van der Waals surface area contributed by atoms with Crippen molar-refractivity contribution in [3.05, 3.63) is 24.2 Å². The summed E-state index contributed by atoms with van der Waals surface area (Å²) in [5.41, 5.74) is 1.25. The predicted octanol–water partition coefficient (Wildman–Crippen LogP) is 1.46. The minimum atomic E-state index is 0.817. The zero-order valence-electron chi connectivity index (χ0n) is 8.70. The number of rotatable bonds is 6. The Morgan fingerprint density at radius 1 is 1.57 bits per heavy atom. The summed E-state index contributed by atoms with van der Waals surface area (Å²) in [7, 11) is 2.14. The molecule has 14 heavy (non-hydrogen) atoms. The maximum absolute atomic E-state index is 5.03. The Kier molecular flexibility index (Phi) is 3.22. The molecule has 0 atom stereocenters. The summed E-state index contributed by atoms with van der Waals surface area (Å²) >= 11 is 0. The molecule has 1 N–H and O–H groups in total. The average Bonchev–Trinajstić information content (AvgIpc) is 2.83. The van der Waals surface area contributed by atoms with Gasteiger partial charge in [-0.05, 0) is 26.0 Å². The number of furan rings is 1. The third-order valence-corrected chi connectivity index (χ3v) is 2.54. The number of likely N-dealkylation sites (N-methyl/N-ethyl adjacent to an activating group) is 1. The van der Waals surface area contributed by atoms with Gasteiger partial charge in [0, 0.05) is 31.2 Å². The number of nitrogens with zero attached hydrogens (tertiary/aromatic N) is 1. The molecule has 3 nitrogen and oxygen atoms in total. The van der Waals surface area contributed by atoms with Crippen LogP contribution < -0.4 is 5.32 Å². The molecule has 1 heterocycles. The minimum absolute atomic E-state index is 0.817. The van der Waals surface area contributed by atoms with Gasteiger partial charge < -0.3 is 14.6 Å². The Morgan fingerprint density at radius 2 is 2.43 bits per heavy atom. The number of nitrogens with one attached hydrogen (secondary N) is 1. The molecular formula is C11H18N2O. The fourth-order valence-corrected chi connectivity index (χ4v) is 1.52. The number of hydrogen-bond acceptors (Lipinski definition) is 3. The summed E-state index contributed by atoms with van der Waals surface area (Å²) in [6, 6.07) is 2.84. The van der Waals surface area contributed by atoms with Gasteiger partial charge in [0.05, 0.1) is 12.5 Å². The lowest BCUT2D eigenvalue weighted by Crippen LogP contribution is -2.29. The monoisotopic (exact) mass is 194 g/mol. The molecule has 1 fully saturated rings. The zero-order valence-corrected chi connectivity index (χ0v) is 8.70. The summed E-state index contributed by atoms with van der Waals surface area (Å²) < 4.78 is 5.03. The lowest BCUT2D eigenvalue weighted by molar-refractivity contribution is 0.323. The van der Waals surface area contributed by atoms with E-state index >= 15 is 0 Å². The van der Waals surface area contributed by atoms with Crippen molar-refractivity contribution in [2.45, 2.75) is 25.4 Å². The van der Waals surface area contributed by atoms with Crippen LogP contribution in [0.3, 0.4) is 0 Å². The van der Waals surface area contributed by atoms with Crippen LogP contribution in [0.15, 0.2) is 23.0 Å². The van der Waals surface area contributed by atoms with E-state index in [4.69, 9.17) is 4.42 Å². The molecule has 1 aliphatic rings. The van der Waals surface area contributed by atoms with Gasteiger partial charge in [-0.2, -0.15) is 0 Å². The Morgan fingerprint density at radius 3 is 3.07 bits per heavy atom. The summed E-state index contributed by atoms with van der Waals surface area (Å²) in [5, 5.41) is 3.50. The molecule has 0 amide bonds. The average molecular weight is 194 g/mol. The van der Waals surface area contributed by atoms with Gasteiger partial charge in [0.15, 0.2) is 0 Å². The Balaban J connectivity index is 1.60. The predicted molar refractivity (Wildman–Crippen MR) is 56.1 cm³/mol. The van der Waals surface area contributed by atoms with Gasteiger partial charge in [-0.25, -0.2) is 0 Å². The Labute approximate surface area is 85.1 Å². The lowest BCUT2D eigenvalue weighted by Gasteiger charge is -2.15. The fraction of sp³-hybridized carbons (Fsp3) is 0.636. The van der Waals surface area contributed by atoms with Crippen LogP contribution in [0, 0.1) is 0 Å². The van der Waals surface area contributed by atoms with Crippen LogP contribution >= 0.6 is 0 Å². The quantitative estimate of drug-likeness (QED) is 0.743. The Hall–Kier alpha value is -0.800. The summed E-state index contributed by atoms with van der Waals surface area (Å²) in [6.45, 7) is 3.17. The van der Waals surface area contributed by atoms with Gasteiger partial charge in [0.2, 0.25) is 0 Å². The van der Waals surface area contributed by atoms with Crippen LogP contribution in [0.25, 0.3) is 0 Å². The standard InChI is InChI=1S/C11H18N2O/c1-13(6-5-12-11-2-3-11)8-10-4-7-14-9-10/h4,7,9,11-12H,2-3,5-6,8H2,1H3. The van der Waals surface area contributed by atoms with E-state index in [1.807, 2.05) is 12.3 Å². The first-order valence-electron chi connectivity index (χ1n) is 5.27. The van der Waals surface area contributed by atoms with Gasteiger partial charge in [0.1, 0.15) is 0 Å². The lowest BCUT2D eigenvalue weighted by atomic mass is 10.3. The van der Waals surface area contributed by atoms with Gasteiger partial charge in [-0.1, -0.05) is 0 Å². The van der Waals surface area contributed by atoms with Crippen molar-refractivity contribution in [1.82, 2.24) is 10.2 Å². The molecule has 1 aromatic heterocycles. The van der Waals surface area contributed by atoms with Crippen molar-refractivity contribution in [3.63, 3.8) is 0 Å². The largest absolute Gasteiger partial charge is 0.472 e. The first kappa shape index (κ1) is 9.74. The van der Waals surface area contributed by atoms with Crippen LogP contribution in [-0.4, -0.2) is 31.1 Å². The molecule has 1 aromatic rings. The van der Waals surface area contributed by atoms with Crippen LogP contribution in [0.2, 0.25) is 0 Å². The molecule has 0 radical (unpaired) electrons. The van der Waals surface area contributed by atoms with Crippen molar-refractivity contribution in [2.75, 3.05) is 20.1 Å². The highest BCUT2D eigenvalue weighted by atomic mass is 16.3. The van der Waals surface area contributed by atoms with E-state index < -0.39 is 0 Å². The SMILES string of the molecule is CN(CCNC1CC1)Cc1ccoc1. The maximum atomic E-state index is 5.03. The van der Waals surface area contributed by atoms with Crippen molar-refractivity contribution in [3.8, 4) is 0 Å². The third-order valence-electron chi connectivity index (χ3n) is 2.54. The Bertz CT molecular complexity index is 254. The molecule has 0 aromatic carbocycles. The van der Waals surface area contributed by atoms with E-state index in [0.29, 0.717) is 0 Å². The molecule has 0 bridgehead atoms. The number of hydrogen-bond donors (Lipinski definition) is 1. The molecule has 78 valence electrons. The first-order chi connectivity index (χ1) is 6.84. The van der Waals surface area contributed by atoms with Gasteiger partial charge in [0.25, 0.3) is 0 Å². The summed E-state index contributed by atoms with van der Waals surface area (Å²) in [6.07, 6.45) is 6.27. The van der Waals surface area contributed by atoms with Crippen molar-refractivity contribution >= 4 is 0 Å². The van der Waals surface area contributed by atoms with E-state index in [2.05, 4.69) is 17.3 Å². The van der Waals surface area contributed by atoms with Crippen LogP contribution in [0.4, 0.5) is 0 Å².